The molecule has 2 N–H and O–H groups in total. The Bertz CT molecular complexity index is 816. The number of aryl methyl sites for hydroxylation is 1. The van der Waals surface area contributed by atoms with Crippen LogP contribution >= 0.6 is 11.3 Å². The Morgan fingerprint density at radius 3 is 2.63 bits per heavy atom. The van der Waals surface area contributed by atoms with Crippen molar-refractivity contribution in [1.29, 1.82) is 0 Å². The van der Waals surface area contributed by atoms with E-state index in [-0.39, 0.29) is 0 Å². The number of rotatable bonds is 9. The zero-order chi connectivity index (χ0) is 21.3. The molecule has 0 aliphatic carbocycles. The summed E-state index contributed by atoms with van der Waals surface area (Å²) in [5.41, 5.74) is 1.12. The Morgan fingerprint density at radius 1 is 1.23 bits per heavy atom. The Morgan fingerprint density at radius 2 is 2.00 bits per heavy atom. The minimum absolute atomic E-state index is 0.339. The molecule has 1 unspecified atom stereocenters. The van der Waals surface area contributed by atoms with Gasteiger partial charge in [0, 0.05) is 73.6 Å². The highest BCUT2D eigenvalue weighted by Gasteiger charge is 2.24. The molecule has 1 saturated heterocycles. The number of aromatic nitrogens is 1. The van der Waals surface area contributed by atoms with Crippen molar-refractivity contribution >= 4 is 23.0 Å². The first-order valence-electron chi connectivity index (χ1n) is 10.6. The average Bonchev–Trinajstić information content (AvgIpc) is 3.43. The molecule has 1 aromatic heterocycles. The molecule has 0 amide bonds. The molecule has 1 aliphatic rings. The van der Waals surface area contributed by atoms with E-state index in [1.807, 2.05) is 12.3 Å². The first-order chi connectivity index (χ1) is 14.6. The fourth-order valence-corrected chi connectivity index (χ4v) is 4.34. The van der Waals surface area contributed by atoms with Crippen molar-refractivity contribution < 1.29 is 9.47 Å². The lowest BCUT2D eigenvalue weighted by Gasteiger charge is -2.21. The number of methoxy groups -OCH3 is 2. The lowest BCUT2D eigenvalue weighted by molar-refractivity contribution is 0.394. The van der Waals surface area contributed by atoms with E-state index in [1.165, 1.54) is 4.88 Å². The molecule has 30 heavy (non-hydrogen) atoms. The Kier molecular flexibility index (Phi) is 8.19. The predicted molar refractivity (Wildman–Crippen MR) is 124 cm³/mol. The molecule has 0 saturated carbocycles. The first-order valence-corrected chi connectivity index (χ1v) is 11.4. The van der Waals surface area contributed by atoms with E-state index in [4.69, 9.17) is 14.5 Å². The van der Waals surface area contributed by atoms with Gasteiger partial charge in [-0.2, -0.15) is 0 Å². The number of ether oxygens (including phenoxy) is 2. The van der Waals surface area contributed by atoms with Gasteiger partial charge in [-0.25, -0.2) is 4.98 Å². The molecule has 8 heteroatoms. The standard InChI is InChI=1S/C22H33N5O2S/c1-5-20-14-25-21(30-20)7-9-24-22(23-6-2)26-16-8-10-27(15-16)17-11-18(28-3)13-19(12-17)29-4/h11-14,16H,5-10,15H2,1-4H3,(H2,23,24,26). The number of anilines is 1. The van der Waals surface area contributed by atoms with Gasteiger partial charge in [-0.15, -0.1) is 11.3 Å². The molecule has 2 aromatic rings. The van der Waals surface area contributed by atoms with Crippen LogP contribution in [-0.4, -0.2) is 57.4 Å². The maximum atomic E-state index is 5.41. The molecule has 3 rings (SSSR count). The van der Waals surface area contributed by atoms with E-state index < -0.39 is 0 Å². The average molecular weight is 432 g/mol. The van der Waals surface area contributed by atoms with Crippen LogP contribution < -0.4 is 25.0 Å². The van der Waals surface area contributed by atoms with Gasteiger partial charge in [-0.3, -0.25) is 4.99 Å². The van der Waals surface area contributed by atoms with Crippen molar-refractivity contribution in [3.8, 4) is 11.5 Å². The lowest BCUT2D eigenvalue weighted by atomic mass is 10.2. The minimum atomic E-state index is 0.339. The van der Waals surface area contributed by atoms with Crippen LogP contribution in [0.4, 0.5) is 5.69 Å². The molecule has 2 heterocycles. The fraction of sp³-hybridized carbons (Fsp3) is 0.545. The summed E-state index contributed by atoms with van der Waals surface area (Å²) in [6.45, 7) is 7.71. The molecule has 1 atom stereocenters. The van der Waals surface area contributed by atoms with Gasteiger partial charge in [0.2, 0.25) is 0 Å². The smallest absolute Gasteiger partial charge is 0.191 e. The van der Waals surface area contributed by atoms with E-state index in [2.05, 4.69) is 46.5 Å². The maximum Gasteiger partial charge on any atom is 0.191 e. The molecule has 1 aromatic carbocycles. The highest BCUT2D eigenvalue weighted by Crippen LogP contribution is 2.30. The van der Waals surface area contributed by atoms with Crippen LogP contribution in [0.3, 0.4) is 0 Å². The second kappa shape index (κ2) is 11.1. The van der Waals surface area contributed by atoms with Crippen molar-refractivity contribution in [3.63, 3.8) is 0 Å². The van der Waals surface area contributed by atoms with Crippen LogP contribution in [0.25, 0.3) is 0 Å². The summed E-state index contributed by atoms with van der Waals surface area (Å²) < 4.78 is 10.8. The normalized spacial score (nSPS) is 16.6. The summed E-state index contributed by atoms with van der Waals surface area (Å²) >= 11 is 1.79. The maximum absolute atomic E-state index is 5.41. The number of benzene rings is 1. The van der Waals surface area contributed by atoms with Gasteiger partial charge in [0.05, 0.1) is 19.2 Å². The largest absolute Gasteiger partial charge is 0.497 e. The number of guanidine groups is 1. The second-order valence-electron chi connectivity index (χ2n) is 7.23. The van der Waals surface area contributed by atoms with Crippen LogP contribution in [0.5, 0.6) is 11.5 Å². The van der Waals surface area contributed by atoms with E-state index in [0.717, 1.165) is 73.6 Å². The number of aliphatic imine (C=N–C) groups is 1. The van der Waals surface area contributed by atoms with Gasteiger partial charge in [0.15, 0.2) is 5.96 Å². The van der Waals surface area contributed by atoms with Crippen molar-refractivity contribution in [1.82, 2.24) is 15.6 Å². The molecule has 7 nitrogen and oxygen atoms in total. The molecule has 1 fully saturated rings. The molecule has 0 spiro atoms. The van der Waals surface area contributed by atoms with Crippen LogP contribution in [0, 0.1) is 0 Å². The van der Waals surface area contributed by atoms with Crippen molar-refractivity contribution in [2.75, 3.05) is 45.3 Å². The first kappa shape index (κ1) is 22.2. The van der Waals surface area contributed by atoms with Gasteiger partial charge in [-0.1, -0.05) is 6.92 Å². The minimum Gasteiger partial charge on any atom is -0.497 e. The van der Waals surface area contributed by atoms with E-state index in [1.54, 1.807) is 25.6 Å². The molecular weight excluding hydrogens is 398 g/mol. The van der Waals surface area contributed by atoms with Crippen LogP contribution in [0.2, 0.25) is 0 Å². The topological polar surface area (TPSA) is 71.0 Å². The Balaban J connectivity index is 1.57. The predicted octanol–water partition coefficient (Wildman–Crippen LogP) is 3.10. The zero-order valence-electron chi connectivity index (χ0n) is 18.4. The number of thiazole rings is 1. The summed E-state index contributed by atoms with van der Waals surface area (Å²) in [4.78, 5) is 12.9. The third-order valence-electron chi connectivity index (χ3n) is 5.12. The number of nitrogens with one attached hydrogen (secondary N) is 2. The summed E-state index contributed by atoms with van der Waals surface area (Å²) in [7, 11) is 3.36. The van der Waals surface area contributed by atoms with Crippen LogP contribution in [-0.2, 0) is 12.8 Å². The quantitative estimate of drug-likeness (QED) is 0.470. The fourth-order valence-electron chi connectivity index (χ4n) is 3.49. The lowest BCUT2D eigenvalue weighted by Crippen LogP contribution is -2.44. The Labute approximate surface area is 183 Å². The summed E-state index contributed by atoms with van der Waals surface area (Å²) in [6.07, 6.45) is 4.95. The monoisotopic (exact) mass is 431 g/mol. The molecule has 164 valence electrons. The SMILES string of the molecule is CCNC(=NCCc1ncc(CC)s1)NC1CCN(c2cc(OC)cc(OC)c2)C1. The highest BCUT2D eigenvalue weighted by atomic mass is 32.1. The summed E-state index contributed by atoms with van der Waals surface area (Å²) in [5, 5.41) is 8.12. The van der Waals surface area contributed by atoms with E-state index >= 15 is 0 Å². The number of nitrogens with zero attached hydrogens (tertiary/aromatic N) is 3. The van der Waals surface area contributed by atoms with Gasteiger partial charge >= 0.3 is 0 Å². The van der Waals surface area contributed by atoms with Gasteiger partial charge in [0.25, 0.3) is 0 Å². The molecular formula is C22H33N5O2S. The van der Waals surface area contributed by atoms with Crippen molar-refractivity contribution in [2.45, 2.75) is 39.2 Å². The summed E-state index contributed by atoms with van der Waals surface area (Å²) in [6, 6.07) is 6.36. The molecule has 0 radical (unpaired) electrons. The van der Waals surface area contributed by atoms with E-state index in [0.29, 0.717) is 6.04 Å². The number of hydrogen-bond acceptors (Lipinski definition) is 6. The summed E-state index contributed by atoms with van der Waals surface area (Å²) in [5.74, 6) is 2.49. The van der Waals surface area contributed by atoms with Crippen LogP contribution in [0.15, 0.2) is 29.4 Å². The van der Waals surface area contributed by atoms with Gasteiger partial charge in [0.1, 0.15) is 11.5 Å². The van der Waals surface area contributed by atoms with Crippen molar-refractivity contribution in [3.05, 3.63) is 34.3 Å². The number of hydrogen-bond donors (Lipinski definition) is 2. The molecule has 1 aliphatic heterocycles. The second-order valence-corrected chi connectivity index (χ2v) is 8.43. The van der Waals surface area contributed by atoms with Crippen molar-refractivity contribution in [2.24, 2.45) is 4.99 Å². The zero-order valence-corrected chi connectivity index (χ0v) is 19.2. The van der Waals surface area contributed by atoms with Gasteiger partial charge < -0.3 is 25.0 Å². The third-order valence-corrected chi connectivity index (χ3v) is 6.32. The van der Waals surface area contributed by atoms with E-state index in [9.17, 15) is 0 Å². The van der Waals surface area contributed by atoms with Gasteiger partial charge in [-0.05, 0) is 19.8 Å². The Hall–Kier alpha value is -2.48. The molecule has 0 bridgehead atoms. The highest BCUT2D eigenvalue weighted by molar-refractivity contribution is 7.11. The third kappa shape index (κ3) is 6.01. The van der Waals surface area contributed by atoms with Crippen LogP contribution in [0.1, 0.15) is 30.2 Å².